The van der Waals surface area contributed by atoms with Crippen molar-refractivity contribution in [1.82, 2.24) is 4.72 Å². The van der Waals surface area contributed by atoms with E-state index in [1.807, 2.05) is 13.8 Å². The molecule has 0 aromatic carbocycles. The number of sulfonamides is 1. The number of rotatable bonds is 7. The van der Waals surface area contributed by atoms with Crippen LogP contribution in [0.25, 0.3) is 0 Å². The maximum absolute atomic E-state index is 12.1. The Kier molecular flexibility index (Phi) is 6.43. The summed E-state index contributed by atoms with van der Waals surface area (Å²) in [6, 6.07) is 0. The molecule has 1 aliphatic heterocycles. The number of hydrogen-bond acceptors (Lipinski definition) is 5. The minimum atomic E-state index is -3.55. The van der Waals surface area contributed by atoms with Gasteiger partial charge >= 0.3 is 0 Å². The Morgan fingerprint density at radius 1 is 1.20 bits per heavy atom. The molecule has 120 valence electrons. The van der Waals surface area contributed by atoms with Crippen LogP contribution in [0.1, 0.15) is 39.5 Å². The molecule has 0 radical (unpaired) electrons. The van der Waals surface area contributed by atoms with E-state index < -0.39 is 31.2 Å². The second kappa shape index (κ2) is 7.20. The molecule has 0 saturated carbocycles. The summed E-state index contributed by atoms with van der Waals surface area (Å²) in [5.74, 6) is -0.0779. The average Bonchev–Trinajstić information content (AvgIpc) is 2.37. The molecule has 0 aromatic heterocycles. The molecule has 0 bridgehead atoms. The van der Waals surface area contributed by atoms with Crippen molar-refractivity contribution in [1.29, 1.82) is 0 Å². The SMILES string of the molecule is CCC(CC)C(O)CNS(=O)(=O)C1CCS(=O)(=O)CC1. The second-order valence-corrected chi connectivity index (χ2v) is 9.74. The van der Waals surface area contributed by atoms with E-state index in [4.69, 9.17) is 0 Å². The molecule has 0 aromatic rings. The van der Waals surface area contributed by atoms with E-state index in [0.29, 0.717) is 0 Å². The average molecular weight is 327 g/mol. The number of hydrogen-bond donors (Lipinski definition) is 2. The Morgan fingerprint density at radius 3 is 2.15 bits per heavy atom. The molecule has 1 unspecified atom stereocenters. The Labute approximate surface area is 121 Å². The van der Waals surface area contributed by atoms with Gasteiger partial charge in [-0.3, -0.25) is 0 Å². The van der Waals surface area contributed by atoms with Gasteiger partial charge in [0.2, 0.25) is 10.0 Å². The van der Waals surface area contributed by atoms with Gasteiger partial charge in [-0.2, -0.15) is 0 Å². The van der Waals surface area contributed by atoms with Crippen LogP contribution in [0.15, 0.2) is 0 Å². The highest BCUT2D eigenvalue weighted by atomic mass is 32.2. The monoisotopic (exact) mass is 327 g/mol. The van der Waals surface area contributed by atoms with Crippen LogP contribution in [0.5, 0.6) is 0 Å². The first-order valence-electron chi connectivity index (χ1n) is 7.08. The molecule has 1 fully saturated rings. The van der Waals surface area contributed by atoms with Gasteiger partial charge in [0.15, 0.2) is 0 Å². The third kappa shape index (κ3) is 4.98. The molecule has 20 heavy (non-hydrogen) atoms. The van der Waals surface area contributed by atoms with Crippen molar-refractivity contribution >= 4 is 19.9 Å². The number of aliphatic hydroxyl groups is 1. The van der Waals surface area contributed by atoms with E-state index in [9.17, 15) is 21.9 Å². The predicted molar refractivity (Wildman–Crippen MR) is 78.7 cm³/mol. The van der Waals surface area contributed by atoms with Gasteiger partial charge in [-0.15, -0.1) is 0 Å². The molecule has 1 aliphatic rings. The first-order chi connectivity index (χ1) is 9.22. The molecule has 1 saturated heterocycles. The lowest BCUT2D eigenvalue weighted by molar-refractivity contribution is 0.107. The van der Waals surface area contributed by atoms with Gasteiger partial charge in [0, 0.05) is 6.54 Å². The molecule has 0 aliphatic carbocycles. The normalized spacial score (nSPS) is 22.0. The zero-order chi connectivity index (χ0) is 15.4. The zero-order valence-corrected chi connectivity index (χ0v) is 13.7. The number of aliphatic hydroxyl groups excluding tert-OH is 1. The first kappa shape index (κ1) is 17.9. The highest BCUT2D eigenvalue weighted by Crippen LogP contribution is 2.19. The number of sulfone groups is 1. The smallest absolute Gasteiger partial charge is 0.214 e. The van der Waals surface area contributed by atoms with E-state index in [2.05, 4.69) is 4.72 Å². The fourth-order valence-corrected chi connectivity index (χ4v) is 5.78. The van der Waals surface area contributed by atoms with Crippen LogP contribution in [0.2, 0.25) is 0 Å². The summed E-state index contributed by atoms with van der Waals surface area (Å²) in [6.45, 7) is 3.91. The van der Waals surface area contributed by atoms with Crippen LogP contribution < -0.4 is 4.72 Å². The number of nitrogens with one attached hydrogen (secondary N) is 1. The molecule has 1 heterocycles. The van der Waals surface area contributed by atoms with Gasteiger partial charge in [0.1, 0.15) is 9.84 Å². The quantitative estimate of drug-likeness (QED) is 0.699. The predicted octanol–water partition coefficient (Wildman–Crippen LogP) is 0.280. The van der Waals surface area contributed by atoms with Crippen LogP contribution in [0.3, 0.4) is 0 Å². The fourth-order valence-electron chi connectivity index (χ4n) is 2.50. The molecule has 6 nitrogen and oxygen atoms in total. The Balaban J connectivity index is 2.54. The summed E-state index contributed by atoms with van der Waals surface area (Å²) in [4.78, 5) is 0. The van der Waals surface area contributed by atoms with E-state index in [0.717, 1.165) is 12.8 Å². The maximum atomic E-state index is 12.1. The van der Waals surface area contributed by atoms with E-state index >= 15 is 0 Å². The van der Waals surface area contributed by atoms with Gasteiger partial charge < -0.3 is 5.11 Å². The largest absolute Gasteiger partial charge is 0.391 e. The first-order valence-corrected chi connectivity index (χ1v) is 10.5. The van der Waals surface area contributed by atoms with Crippen molar-refractivity contribution < 1.29 is 21.9 Å². The summed E-state index contributed by atoms with van der Waals surface area (Å²) in [5, 5.41) is 9.26. The van der Waals surface area contributed by atoms with Crippen LogP contribution >= 0.6 is 0 Å². The van der Waals surface area contributed by atoms with Crippen molar-refractivity contribution in [3.63, 3.8) is 0 Å². The molecular weight excluding hydrogens is 302 g/mol. The highest BCUT2D eigenvalue weighted by molar-refractivity contribution is 7.92. The lowest BCUT2D eigenvalue weighted by Crippen LogP contribution is -2.43. The second-order valence-electron chi connectivity index (χ2n) is 5.39. The molecule has 2 N–H and O–H groups in total. The van der Waals surface area contributed by atoms with Crippen molar-refractivity contribution in [3.05, 3.63) is 0 Å². The lowest BCUT2D eigenvalue weighted by Gasteiger charge is -2.25. The standard InChI is InChI=1S/C12H25NO5S2/c1-3-10(4-2)12(14)9-13-20(17,18)11-5-7-19(15,16)8-6-11/h10-14H,3-9H2,1-2H3. The molecular formula is C12H25NO5S2. The van der Waals surface area contributed by atoms with Crippen molar-refractivity contribution in [2.45, 2.75) is 50.9 Å². The summed E-state index contributed by atoms with van der Waals surface area (Å²) >= 11 is 0. The Hall–Kier alpha value is -0.180. The summed E-state index contributed by atoms with van der Waals surface area (Å²) < 4.78 is 49.2. The van der Waals surface area contributed by atoms with Crippen molar-refractivity contribution in [2.75, 3.05) is 18.1 Å². The lowest BCUT2D eigenvalue weighted by atomic mass is 9.97. The minimum Gasteiger partial charge on any atom is -0.391 e. The van der Waals surface area contributed by atoms with Gasteiger partial charge in [-0.1, -0.05) is 26.7 Å². The van der Waals surface area contributed by atoms with E-state index in [1.165, 1.54) is 0 Å². The minimum absolute atomic E-state index is 0.00205. The topological polar surface area (TPSA) is 101 Å². The van der Waals surface area contributed by atoms with Gasteiger partial charge in [-0.25, -0.2) is 21.6 Å². The molecule has 0 spiro atoms. The van der Waals surface area contributed by atoms with Gasteiger partial charge in [0.25, 0.3) is 0 Å². The van der Waals surface area contributed by atoms with Crippen LogP contribution in [0.4, 0.5) is 0 Å². The molecule has 8 heteroatoms. The third-order valence-corrected chi connectivity index (χ3v) is 7.66. The highest BCUT2D eigenvalue weighted by Gasteiger charge is 2.33. The van der Waals surface area contributed by atoms with Crippen molar-refractivity contribution in [3.8, 4) is 0 Å². The maximum Gasteiger partial charge on any atom is 0.214 e. The van der Waals surface area contributed by atoms with Crippen LogP contribution in [-0.4, -0.2) is 51.3 Å². The fraction of sp³-hybridized carbons (Fsp3) is 1.00. The van der Waals surface area contributed by atoms with Crippen LogP contribution in [-0.2, 0) is 19.9 Å². The van der Waals surface area contributed by atoms with Gasteiger partial charge in [-0.05, 0) is 18.8 Å². The summed E-state index contributed by atoms with van der Waals surface area (Å²) in [6.07, 6.45) is 1.16. The third-order valence-electron chi connectivity index (χ3n) is 4.03. The molecule has 0 amide bonds. The van der Waals surface area contributed by atoms with E-state index in [-0.39, 0.29) is 36.8 Å². The van der Waals surface area contributed by atoms with Crippen LogP contribution in [0, 0.1) is 5.92 Å². The summed E-state index contributed by atoms with van der Waals surface area (Å²) in [5.41, 5.74) is 0. The molecule has 1 atom stereocenters. The van der Waals surface area contributed by atoms with Crippen molar-refractivity contribution in [2.24, 2.45) is 5.92 Å². The van der Waals surface area contributed by atoms with Gasteiger partial charge in [0.05, 0.1) is 22.9 Å². The van der Waals surface area contributed by atoms with E-state index in [1.54, 1.807) is 0 Å². The Bertz CT molecular complexity index is 482. The Morgan fingerprint density at radius 2 is 1.70 bits per heavy atom. The molecule has 1 rings (SSSR count). The zero-order valence-electron chi connectivity index (χ0n) is 12.1. The summed E-state index contributed by atoms with van der Waals surface area (Å²) in [7, 11) is -6.62.